The van der Waals surface area contributed by atoms with E-state index in [9.17, 15) is 0 Å². The molecule has 0 radical (unpaired) electrons. The number of hydrogen-bond donors (Lipinski definition) is 1. The maximum atomic E-state index is 2.92. The SMILES string of the molecule is C/C=C/N/C=C/C. The Hall–Kier alpha value is -0.720. The molecule has 0 aromatic carbocycles. The zero-order valence-electron chi connectivity index (χ0n) is 4.81. The van der Waals surface area contributed by atoms with Crippen molar-refractivity contribution >= 4 is 0 Å². The molecule has 0 spiro atoms. The lowest BCUT2D eigenvalue weighted by atomic mass is 10.6. The minimum atomic E-state index is 1.88. The standard InChI is InChI=1S/C6H11N/c1-3-5-7-6-4-2/h3-7H,1-2H3/b5-3+,6-4+. The molecule has 0 aromatic heterocycles. The van der Waals surface area contributed by atoms with Crippen LogP contribution in [0.1, 0.15) is 13.8 Å². The predicted octanol–water partition coefficient (Wildman–Crippen LogP) is 1.64. The molecule has 0 aliphatic heterocycles. The summed E-state index contributed by atoms with van der Waals surface area (Å²) in [5, 5.41) is 2.92. The van der Waals surface area contributed by atoms with Gasteiger partial charge in [0.1, 0.15) is 0 Å². The van der Waals surface area contributed by atoms with Crippen LogP contribution < -0.4 is 5.32 Å². The molecule has 0 saturated heterocycles. The van der Waals surface area contributed by atoms with Crippen LogP contribution >= 0.6 is 0 Å². The van der Waals surface area contributed by atoms with E-state index in [1.54, 1.807) is 0 Å². The maximum absolute atomic E-state index is 2.92. The van der Waals surface area contributed by atoms with Gasteiger partial charge in [0.15, 0.2) is 0 Å². The molecule has 0 aliphatic carbocycles. The molecule has 0 heterocycles. The fraction of sp³-hybridized carbons (Fsp3) is 0.333. The summed E-state index contributed by atoms with van der Waals surface area (Å²) in [7, 11) is 0. The summed E-state index contributed by atoms with van der Waals surface area (Å²) >= 11 is 0. The molecule has 1 N–H and O–H groups in total. The summed E-state index contributed by atoms with van der Waals surface area (Å²) in [5.74, 6) is 0. The van der Waals surface area contributed by atoms with E-state index in [0.29, 0.717) is 0 Å². The second-order valence-corrected chi connectivity index (χ2v) is 1.17. The lowest BCUT2D eigenvalue weighted by molar-refractivity contribution is 1.18. The van der Waals surface area contributed by atoms with Crippen molar-refractivity contribution in [2.24, 2.45) is 0 Å². The maximum Gasteiger partial charge on any atom is -0.00386 e. The summed E-state index contributed by atoms with van der Waals surface area (Å²) < 4.78 is 0. The first kappa shape index (κ1) is 6.28. The summed E-state index contributed by atoms with van der Waals surface area (Å²) in [6.07, 6.45) is 7.64. The van der Waals surface area contributed by atoms with E-state index in [-0.39, 0.29) is 0 Å². The van der Waals surface area contributed by atoms with Crippen LogP contribution in [0.25, 0.3) is 0 Å². The van der Waals surface area contributed by atoms with E-state index in [1.807, 2.05) is 38.4 Å². The van der Waals surface area contributed by atoms with Gasteiger partial charge < -0.3 is 5.32 Å². The Kier molecular flexibility index (Phi) is 4.74. The van der Waals surface area contributed by atoms with Gasteiger partial charge in [-0.15, -0.1) is 0 Å². The van der Waals surface area contributed by atoms with Gasteiger partial charge in [0.05, 0.1) is 0 Å². The van der Waals surface area contributed by atoms with Crippen LogP contribution in [0.5, 0.6) is 0 Å². The Balaban J connectivity index is 2.98. The monoisotopic (exact) mass is 97.1 g/mol. The van der Waals surface area contributed by atoms with Crippen LogP contribution in [0.3, 0.4) is 0 Å². The van der Waals surface area contributed by atoms with Crippen LogP contribution in [-0.2, 0) is 0 Å². The van der Waals surface area contributed by atoms with Crippen LogP contribution in [-0.4, -0.2) is 0 Å². The number of rotatable bonds is 2. The Morgan fingerprint density at radius 1 is 1.00 bits per heavy atom. The highest BCUT2D eigenvalue weighted by atomic mass is 14.8. The number of hydrogen-bond acceptors (Lipinski definition) is 1. The molecule has 1 nitrogen and oxygen atoms in total. The quantitative estimate of drug-likeness (QED) is 0.552. The molecule has 40 valence electrons. The van der Waals surface area contributed by atoms with Crippen molar-refractivity contribution in [1.82, 2.24) is 5.32 Å². The molecule has 0 aliphatic rings. The van der Waals surface area contributed by atoms with Gasteiger partial charge in [-0.25, -0.2) is 0 Å². The van der Waals surface area contributed by atoms with Gasteiger partial charge in [0.25, 0.3) is 0 Å². The van der Waals surface area contributed by atoms with Gasteiger partial charge in [-0.05, 0) is 26.2 Å². The van der Waals surface area contributed by atoms with Crippen molar-refractivity contribution in [3.63, 3.8) is 0 Å². The third-order valence-corrected chi connectivity index (χ3v) is 0.526. The number of nitrogens with one attached hydrogen (secondary N) is 1. The van der Waals surface area contributed by atoms with Crippen molar-refractivity contribution in [3.8, 4) is 0 Å². The molecule has 0 amide bonds. The highest BCUT2D eigenvalue weighted by Gasteiger charge is 1.55. The first-order chi connectivity index (χ1) is 3.41. The van der Waals surface area contributed by atoms with E-state index >= 15 is 0 Å². The fourth-order valence-corrected chi connectivity index (χ4v) is 0.248. The molecule has 7 heavy (non-hydrogen) atoms. The van der Waals surface area contributed by atoms with Gasteiger partial charge in [0.2, 0.25) is 0 Å². The molecule has 1 heteroatoms. The Bertz CT molecular complexity index is 62.2. The molecule has 0 atom stereocenters. The smallest absolute Gasteiger partial charge is 0.00386 e. The minimum absolute atomic E-state index is 1.88. The van der Waals surface area contributed by atoms with Gasteiger partial charge >= 0.3 is 0 Å². The average molecular weight is 97.2 g/mol. The van der Waals surface area contributed by atoms with Crippen molar-refractivity contribution in [3.05, 3.63) is 24.6 Å². The highest BCUT2D eigenvalue weighted by molar-refractivity contribution is 4.83. The predicted molar refractivity (Wildman–Crippen MR) is 32.8 cm³/mol. The van der Waals surface area contributed by atoms with Crippen molar-refractivity contribution < 1.29 is 0 Å². The van der Waals surface area contributed by atoms with Crippen LogP contribution in [0.2, 0.25) is 0 Å². The van der Waals surface area contributed by atoms with E-state index in [2.05, 4.69) is 5.32 Å². The van der Waals surface area contributed by atoms with Gasteiger partial charge in [0, 0.05) is 0 Å². The molecular formula is C6H11N. The van der Waals surface area contributed by atoms with Gasteiger partial charge in [-0.1, -0.05) is 12.2 Å². The molecular weight excluding hydrogens is 86.1 g/mol. The molecule has 0 saturated carbocycles. The van der Waals surface area contributed by atoms with E-state index in [1.165, 1.54) is 0 Å². The number of allylic oxidation sites excluding steroid dienone is 2. The van der Waals surface area contributed by atoms with E-state index in [0.717, 1.165) is 0 Å². The van der Waals surface area contributed by atoms with Crippen LogP contribution in [0.15, 0.2) is 24.6 Å². The highest BCUT2D eigenvalue weighted by Crippen LogP contribution is 1.64. The molecule has 0 aromatic rings. The van der Waals surface area contributed by atoms with Crippen molar-refractivity contribution in [1.29, 1.82) is 0 Å². The molecule has 0 fully saturated rings. The van der Waals surface area contributed by atoms with E-state index < -0.39 is 0 Å². The third-order valence-electron chi connectivity index (χ3n) is 0.526. The van der Waals surface area contributed by atoms with Crippen molar-refractivity contribution in [2.75, 3.05) is 0 Å². The van der Waals surface area contributed by atoms with Gasteiger partial charge in [-0.3, -0.25) is 0 Å². The fourth-order valence-electron chi connectivity index (χ4n) is 0.248. The summed E-state index contributed by atoms with van der Waals surface area (Å²) in [6.45, 7) is 3.94. The summed E-state index contributed by atoms with van der Waals surface area (Å²) in [5.41, 5.74) is 0. The zero-order valence-corrected chi connectivity index (χ0v) is 4.81. The average Bonchev–Trinajstić information content (AvgIpc) is 1.69. The lowest BCUT2D eigenvalue weighted by Gasteiger charge is -1.81. The van der Waals surface area contributed by atoms with Crippen LogP contribution in [0, 0.1) is 0 Å². The molecule has 0 unspecified atom stereocenters. The van der Waals surface area contributed by atoms with Gasteiger partial charge in [-0.2, -0.15) is 0 Å². The first-order valence-corrected chi connectivity index (χ1v) is 2.40. The second kappa shape index (κ2) is 5.28. The van der Waals surface area contributed by atoms with Crippen molar-refractivity contribution in [2.45, 2.75) is 13.8 Å². The Labute approximate surface area is 44.7 Å². The lowest BCUT2D eigenvalue weighted by Crippen LogP contribution is -1.88. The molecule has 0 bridgehead atoms. The molecule has 0 rings (SSSR count). The third kappa shape index (κ3) is 5.28. The van der Waals surface area contributed by atoms with E-state index in [4.69, 9.17) is 0 Å². The summed E-state index contributed by atoms with van der Waals surface area (Å²) in [6, 6.07) is 0. The Morgan fingerprint density at radius 2 is 1.43 bits per heavy atom. The second-order valence-electron chi connectivity index (χ2n) is 1.17. The normalized spacial score (nSPS) is 11.1. The Morgan fingerprint density at radius 3 is 1.71 bits per heavy atom. The summed E-state index contributed by atoms with van der Waals surface area (Å²) in [4.78, 5) is 0. The zero-order chi connectivity index (χ0) is 5.54. The topological polar surface area (TPSA) is 12.0 Å². The first-order valence-electron chi connectivity index (χ1n) is 2.40. The minimum Gasteiger partial charge on any atom is -0.368 e. The van der Waals surface area contributed by atoms with Crippen LogP contribution in [0.4, 0.5) is 0 Å². The largest absolute Gasteiger partial charge is 0.368 e.